The van der Waals surface area contributed by atoms with E-state index in [1.807, 2.05) is 67.7 Å². The number of hydrogen-bond donors (Lipinski definition) is 0. The van der Waals surface area contributed by atoms with Crippen molar-refractivity contribution in [3.8, 4) is 17.0 Å². The predicted octanol–water partition coefficient (Wildman–Crippen LogP) is 3.92. The summed E-state index contributed by atoms with van der Waals surface area (Å²) >= 11 is 0. The van der Waals surface area contributed by atoms with Crippen LogP contribution in [0, 0.1) is 0 Å². The number of benzene rings is 2. The lowest BCUT2D eigenvalue weighted by Crippen LogP contribution is -2.26. The van der Waals surface area contributed by atoms with Gasteiger partial charge >= 0.3 is 0 Å². The largest absolute Gasteiger partial charge is 0.496 e. The van der Waals surface area contributed by atoms with Crippen LogP contribution in [-0.4, -0.2) is 39.7 Å². The summed E-state index contributed by atoms with van der Waals surface area (Å²) in [5.41, 5.74) is 3.81. The average molecular weight is 386 g/mol. The number of ether oxygens (including phenoxy) is 1. The summed E-state index contributed by atoms with van der Waals surface area (Å²) in [5.74, 6) is 0.628. The van der Waals surface area contributed by atoms with E-state index in [1.54, 1.807) is 29.9 Å². The number of hydrogen-bond acceptors (Lipinski definition) is 4. The van der Waals surface area contributed by atoms with Crippen LogP contribution in [-0.2, 0) is 13.6 Å². The summed E-state index contributed by atoms with van der Waals surface area (Å²) in [7, 11) is 5.26. The molecule has 0 aliphatic heterocycles. The van der Waals surface area contributed by atoms with Crippen molar-refractivity contribution < 1.29 is 9.53 Å². The molecule has 0 bridgehead atoms. The number of methoxy groups -OCH3 is 1. The van der Waals surface area contributed by atoms with Gasteiger partial charge in [0.15, 0.2) is 5.65 Å². The Labute approximate surface area is 169 Å². The molecule has 0 N–H and O–H groups in total. The first-order valence-electron chi connectivity index (χ1n) is 9.34. The number of rotatable bonds is 5. The zero-order valence-electron chi connectivity index (χ0n) is 16.7. The fourth-order valence-electron chi connectivity index (χ4n) is 3.42. The Bertz CT molecular complexity index is 1170. The van der Waals surface area contributed by atoms with Crippen LogP contribution in [0.4, 0.5) is 0 Å². The minimum Gasteiger partial charge on any atom is -0.496 e. The number of para-hydroxylation sites is 1. The molecule has 0 unspecified atom stereocenters. The zero-order valence-corrected chi connectivity index (χ0v) is 16.7. The molecule has 2 aromatic heterocycles. The molecule has 0 saturated heterocycles. The molecular weight excluding hydrogens is 364 g/mol. The lowest BCUT2D eigenvalue weighted by atomic mass is 10.0. The maximum atomic E-state index is 13.3. The number of fused-ring (bicyclic) bond motifs is 1. The zero-order chi connectivity index (χ0) is 20.4. The summed E-state index contributed by atoms with van der Waals surface area (Å²) in [6.07, 6.45) is 1.69. The molecule has 29 heavy (non-hydrogen) atoms. The molecule has 146 valence electrons. The van der Waals surface area contributed by atoms with Crippen LogP contribution in [0.2, 0.25) is 0 Å². The summed E-state index contributed by atoms with van der Waals surface area (Å²) in [5, 5.41) is 5.04. The topological polar surface area (TPSA) is 60.2 Å². The van der Waals surface area contributed by atoms with Gasteiger partial charge in [-0.05, 0) is 23.8 Å². The predicted molar refractivity (Wildman–Crippen MR) is 113 cm³/mol. The van der Waals surface area contributed by atoms with Crippen molar-refractivity contribution in [3.63, 3.8) is 0 Å². The quantitative estimate of drug-likeness (QED) is 0.522. The molecule has 2 aromatic carbocycles. The third kappa shape index (κ3) is 3.57. The lowest BCUT2D eigenvalue weighted by Gasteiger charge is -2.18. The summed E-state index contributed by atoms with van der Waals surface area (Å²) in [4.78, 5) is 19.8. The number of aromatic nitrogens is 3. The molecule has 0 aliphatic rings. The first-order chi connectivity index (χ1) is 14.1. The smallest absolute Gasteiger partial charge is 0.254 e. The van der Waals surface area contributed by atoms with Gasteiger partial charge in [-0.15, -0.1) is 0 Å². The molecule has 0 saturated carbocycles. The number of pyridine rings is 1. The van der Waals surface area contributed by atoms with Crippen molar-refractivity contribution in [2.75, 3.05) is 14.2 Å². The van der Waals surface area contributed by atoms with Crippen molar-refractivity contribution >= 4 is 16.9 Å². The number of aryl methyl sites for hydroxylation is 1. The van der Waals surface area contributed by atoms with Crippen LogP contribution < -0.4 is 4.74 Å². The highest BCUT2D eigenvalue weighted by molar-refractivity contribution is 6.06. The molecule has 4 aromatic rings. The Morgan fingerprint density at radius 3 is 2.59 bits per heavy atom. The van der Waals surface area contributed by atoms with Crippen LogP contribution in [0.1, 0.15) is 15.9 Å². The van der Waals surface area contributed by atoms with E-state index in [2.05, 4.69) is 5.10 Å². The van der Waals surface area contributed by atoms with E-state index in [0.717, 1.165) is 16.5 Å². The van der Waals surface area contributed by atoms with Crippen molar-refractivity contribution in [2.45, 2.75) is 6.54 Å². The highest BCUT2D eigenvalue weighted by Crippen LogP contribution is 2.31. The van der Waals surface area contributed by atoms with Gasteiger partial charge in [-0.25, -0.2) is 4.98 Å². The van der Waals surface area contributed by atoms with Gasteiger partial charge in [0, 0.05) is 26.2 Å². The van der Waals surface area contributed by atoms with E-state index in [0.29, 0.717) is 29.2 Å². The van der Waals surface area contributed by atoms with E-state index >= 15 is 0 Å². The van der Waals surface area contributed by atoms with Crippen LogP contribution >= 0.6 is 0 Å². The van der Waals surface area contributed by atoms with Gasteiger partial charge in [-0.2, -0.15) is 5.10 Å². The molecule has 0 atom stereocenters. The van der Waals surface area contributed by atoms with Gasteiger partial charge in [-0.3, -0.25) is 9.48 Å². The van der Waals surface area contributed by atoms with Gasteiger partial charge < -0.3 is 9.64 Å². The Hall–Kier alpha value is -3.67. The Morgan fingerprint density at radius 1 is 1.10 bits per heavy atom. The maximum Gasteiger partial charge on any atom is 0.254 e. The molecule has 6 heteroatoms. The van der Waals surface area contributed by atoms with Gasteiger partial charge in [0.25, 0.3) is 5.91 Å². The normalized spacial score (nSPS) is 10.9. The molecule has 0 aliphatic carbocycles. The first-order valence-corrected chi connectivity index (χ1v) is 9.34. The van der Waals surface area contributed by atoms with Crippen molar-refractivity contribution in [2.24, 2.45) is 7.05 Å². The summed E-state index contributed by atoms with van der Waals surface area (Å²) < 4.78 is 7.18. The van der Waals surface area contributed by atoms with E-state index in [1.165, 1.54) is 0 Å². The van der Waals surface area contributed by atoms with Crippen LogP contribution in [0.25, 0.3) is 22.3 Å². The van der Waals surface area contributed by atoms with E-state index in [4.69, 9.17) is 9.72 Å². The number of carbonyl (C=O) groups is 1. The standard InChI is InChI=1S/C23H22N4O2/c1-26(15-16-9-5-4-6-10-16)23(28)18-13-20(17-11-7-8-12-21(17)29-3)25-22-19(18)14-24-27(22)2/h4-14H,15H2,1-3H3. The second kappa shape index (κ2) is 7.75. The van der Waals surface area contributed by atoms with Gasteiger partial charge in [0.1, 0.15) is 5.75 Å². The third-order valence-electron chi connectivity index (χ3n) is 4.93. The van der Waals surface area contributed by atoms with Gasteiger partial charge in [-0.1, -0.05) is 42.5 Å². The molecule has 4 rings (SSSR count). The molecular formula is C23H22N4O2. The molecule has 0 radical (unpaired) electrons. The summed E-state index contributed by atoms with van der Waals surface area (Å²) in [6.45, 7) is 0.522. The van der Waals surface area contributed by atoms with Gasteiger partial charge in [0.05, 0.1) is 30.0 Å². The Kier molecular flexibility index (Phi) is 4.99. The third-order valence-corrected chi connectivity index (χ3v) is 4.93. The monoisotopic (exact) mass is 386 g/mol. The average Bonchev–Trinajstić information content (AvgIpc) is 3.14. The van der Waals surface area contributed by atoms with Crippen LogP contribution in [0.15, 0.2) is 66.9 Å². The number of amides is 1. The fourth-order valence-corrected chi connectivity index (χ4v) is 3.42. The first kappa shape index (κ1) is 18.7. The summed E-state index contributed by atoms with van der Waals surface area (Å²) in [6, 6.07) is 19.4. The van der Waals surface area contributed by atoms with Crippen molar-refractivity contribution in [3.05, 3.63) is 78.0 Å². The SMILES string of the molecule is COc1ccccc1-c1cc(C(=O)N(C)Cc2ccccc2)c2cnn(C)c2n1. The van der Waals surface area contributed by atoms with E-state index < -0.39 is 0 Å². The second-order valence-corrected chi connectivity index (χ2v) is 6.91. The molecule has 1 amide bonds. The van der Waals surface area contributed by atoms with Crippen molar-refractivity contribution in [1.29, 1.82) is 0 Å². The highest BCUT2D eigenvalue weighted by Gasteiger charge is 2.20. The van der Waals surface area contributed by atoms with E-state index in [-0.39, 0.29) is 5.91 Å². The lowest BCUT2D eigenvalue weighted by molar-refractivity contribution is 0.0787. The number of carbonyl (C=O) groups excluding carboxylic acids is 1. The highest BCUT2D eigenvalue weighted by atomic mass is 16.5. The molecule has 0 fully saturated rings. The van der Waals surface area contributed by atoms with Crippen molar-refractivity contribution in [1.82, 2.24) is 19.7 Å². The Balaban J connectivity index is 1.80. The minimum atomic E-state index is -0.0783. The fraction of sp³-hybridized carbons (Fsp3) is 0.174. The minimum absolute atomic E-state index is 0.0783. The number of nitrogens with zero attached hydrogens (tertiary/aromatic N) is 4. The van der Waals surface area contributed by atoms with Crippen LogP contribution in [0.3, 0.4) is 0 Å². The van der Waals surface area contributed by atoms with Gasteiger partial charge in [0.2, 0.25) is 0 Å². The molecule has 0 spiro atoms. The van der Waals surface area contributed by atoms with Crippen LogP contribution in [0.5, 0.6) is 5.75 Å². The Morgan fingerprint density at radius 2 is 1.83 bits per heavy atom. The van der Waals surface area contributed by atoms with E-state index in [9.17, 15) is 4.79 Å². The second-order valence-electron chi connectivity index (χ2n) is 6.91. The maximum absolute atomic E-state index is 13.3. The molecule has 6 nitrogen and oxygen atoms in total. The molecule has 2 heterocycles.